The lowest BCUT2D eigenvalue weighted by Gasteiger charge is -2.22. The molecule has 0 aliphatic carbocycles. The SMILES string of the molecule is CCOC(=O)c1sc(NC(=S)NC(C)(C)C)c(C(=O)OCC)c1C. The molecule has 0 saturated carbocycles. The van der Waals surface area contributed by atoms with Gasteiger partial charge in [-0.25, -0.2) is 9.59 Å². The Kier molecular flexibility index (Phi) is 7.16. The summed E-state index contributed by atoms with van der Waals surface area (Å²) in [6.07, 6.45) is 0. The Morgan fingerprint density at radius 1 is 1.12 bits per heavy atom. The normalized spacial score (nSPS) is 10.9. The lowest BCUT2D eigenvalue weighted by molar-refractivity contribution is 0.0527. The highest BCUT2D eigenvalue weighted by Crippen LogP contribution is 2.34. The van der Waals surface area contributed by atoms with Crippen molar-refractivity contribution in [3.8, 4) is 0 Å². The van der Waals surface area contributed by atoms with E-state index in [1.54, 1.807) is 20.8 Å². The molecular formula is C16H24N2O4S2. The van der Waals surface area contributed by atoms with Crippen LogP contribution in [0.1, 0.15) is 60.2 Å². The van der Waals surface area contributed by atoms with Crippen molar-refractivity contribution >= 4 is 45.6 Å². The highest BCUT2D eigenvalue weighted by atomic mass is 32.1. The Balaban J connectivity index is 3.21. The summed E-state index contributed by atoms with van der Waals surface area (Å²) in [7, 11) is 0. The number of rotatable bonds is 5. The van der Waals surface area contributed by atoms with E-state index in [2.05, 4.69) is 10.6 Å². The lowest BCUT2D eigenvalue weighted by atomic mass is 10.1. The number of hydrogen-bond donors (Lipinski definition) is 2. The van der Waals surface area contributed by atoms with Gasteiger partial charge in [-0.1, -0.05) is 0 Å². The molecule has 1 aromatic heterocycles. The zero-order valence-corrected chi connectivity index (χ0v) is 16.5. The van der Waals surface area contributed by atoms with Crippen molar-refractivity contribution in [2.45, 2.75) is 47.1 Å². The maximum Gasteiger partial charge on any atom is 0.348 e. The predicted molar refractivity (Wildman–Crippen MR) is 100 cm³/mol. The molecule has 0 radical (unpaired) electrons. The average molecular weight is 373 g/mol. The summed E-state index contributed by atoms with van der Waals surface area (Å²) in [6, 6.07) is 0. The molecule has 0 saturated heterocycles. The first-order valence-electron chi connectivity index (χ1n) is 7.67. The molecule has 24 heavy (non-hydrogen) atoms. The number of hydrogen-bond acceptors (Lipinski definition) is 6. The van der Waals surface area contributed by atoms with Crippen molar-refractivity contribution in [2.24, 2.45) is 0 Å². The molecule has 2 N–H and O–H groups in total. The van der Waals surface area contributed by atoms with Crippen LogP contribution in [-0.2, 0) is 9.47 Å². The van der Waals surface area contributed by atoms with Gasteiger partial charge in [-0.2, -0.15) is 0 Å². The molecule has 134 valence electrons. The number of carbonyl (C=O) groups excluding carboxylic acids is 2. The van der Waals surface area contributed by atoms with E-state index in [1.165, 1.54) is 0 Å². The molecule has 0 amide bonds. The molecule has 6 nitrogen and oxygen atoms in total. The van der Waals surface area contributed by atoms with E-state index in [9.17, 15) is 9.59 Å². The molecule has 0 aromatic carbocycles. The third kappa shape index (κ3) is 5.45. The number of thiocarbonyl (C=S) groups is 1. The maximum atomic E-state index is 12.3. The van der Waals surface area contributed by atoms with Gasteiger partial charge in [0, 0.05) is 5.54 Å². The zero-order chi connectivity index (χ0) is 18.5. The third-order valence-corrected chi connectivity index (χ3v) is 4.19. The van der Waals surface area contributed by atoms with Gasteiger partial charge in [-0.05, 0) is 59.3 Å². The largest absolute Gasteiger partial charge is 0.462 e. The quantitative estimate of drug-likeness (QED) is 0.605. The van der Waals surface area contributed by atoms with Gasteiger partial charge in [-0.3, -0.25) is 0 Å². The van der Waals surface area contributed by atoms with Crippen molar-refractivity contribution < 1.29 is 19.1 Å². The van der Waals surface area contributed by atoms with Gasteiger partial charge in [0.25, 0.3) is 0 Å². The number of anilines is 1. The van der Waals surface area contributed by atoms with Gasteiger partial charge >= 0.3 is 11.9 Å². The van der Waals surface area contributed by atoms with E-state index in [0.29, 0.717) is 26.1 Å². The van der Waals surface area contributed by atoms with Crippen LogP contribution in [0.5, 0.6) is 0 Å². The molecule has 0 spiro atoms. The highest BCUT2D eigenvalue weighted by Gasteiger charge is 2.27. The summed E-state index contributed by atoms with van der Waals surface area (Å²) in [5.74, 6) is -0.962. The minimum atomic E-state index is -0.497. The molecule has 0 fully saturated rings. The molecule has 0 bridgehead atoms. The zero-order valence-electron chi connectivity index (χ0n) is 14.9. The molecule has 0 aliphatic heterocycles. The van der Waals surface area contributed by atoms with Crippen molar-refractivity contribution in [1.29, 1.82) is 0 Å². The van der Waals surface area contributed by atoms with Crippen molar-refractivity contribution in [3.05, 3.63) is 16.0 Å². The van der Waals surface area contributed by atoms with E-state index in [0.717, 1.165) is 11.3 Å². The number of carbonyl (C=O) groups is 2. The second kappa shape index (κ2) is 8.43. The van der Waals surface area contributed by atoms with Crippen molar-refractivity contribution in [2.75, 3.05) is 18.5 Å². The third-order valence-electron chi connectivity index (χ3n) is 2.80. The van der Waals surface area contributed by atoms with Crippen LogP contribution in [0.15, 0.2) is 0 Å². The molecule has 0 aliphatic rings. The predicted octanol–water partition coefficient (Wildman–Crippen LogP) is 3.49. The number of ether oxygens (including phenoxy) is 2. The van der Waals surface area contributed by atoms with Gasteiger partial charge in [0.05, 0.1) is 18.8 Å². The average Bonchev–Trinajstić information content (AvgIpc) is 2.73. The molecule has 1 aromatic rings. The molecule has 8 heteroatoms. The van der Waals surface area contributed by atoms with Crippen LogP contribution in [0.4, 0.5) is 5.00 Å². The summed E-state index contributed by atoms with van der Waals surface area (Å²) in [4.78, 5) is 24.7. The van der Waals surface area contributed by atoms with Gasteiger partial charge in [0.2, 0.25) is 0 Å². The maximum absolute atomic E-state index is 12.3. The Hall–Kier alpha value is -1.67. The van der Waals surface area contributed by atoms with Crippen molar-refractivity contribution in [1.82, 2.24) is 5.32 Å². The van der Waals surface area contributed by atoms with E-state index >= 15 is 0 Å². The van der Waals surface area contributed by atoms with Crippen LogP contribution in [0.25, 0.3) is 0 Å². The van der Waals surface area contributed by atoms with E-state index < -0.39 is 11.9 Å². The Bertz CT molecular complexity index is 633. The fourth-order valence-electron chi connectivity index (χ4n) is 1.92. The van der Waals surface area contributed by atoms with Gasteiger partial charge in [0.15, 0.2) is 5.11 Å². The van der Waals surface area contributed by atoms with Gasteiger partial charge in [0.1, 0.15) is 9.88 Å². The van der Waals surface area contributed by atoms with Crippen LogP contribution in [0, 0.1) is 6.92 Å². The molecule has 0 unspecified atom stereocenters. The van der Waals surface area contributed by atoms with E-state index in [-0.39, 0.29) is 18.8 Å². The molecule has 1 rings (SSSR count). The number of thiophene rings is 1. The first kappa shape index (κ1) is 20.4. The summed E-state index contributed by atoms with van der Waals surface area (Å²) >= 11 is 6.41. The second-order valence-corrected chi connectivity index (χ2v) is 7.46. The standard InChI is InChI=1S/C16H24N2O4S2/c1-7-21-13(19)10-9(3)11(14(20)22-8-2)24-12(10)17-15(23)18-16(4,5)6/h7-8H2,1-6H3,(H2,17,18,23). The topological polar surface area (TPSA) is 76.7 Å². The van der Waals surface area contributed by atoms with Gasteiger partial charge < -0.3 is 20.1 Å². The minimum Gasteiger partial charge on any atom is -0.462 e. The van der Waals surface area contributed by atoms with Crippen molar-refractivity contribution in [3.63, 3.8) is 0 Å². The van der Waals surface area contributed by atoms with Crippen LogP contribution in [0.3, 0.4) is 0 Å². The van der Waals surface area contributed by atoms with Crippen LogP contribution < -0.4 is 10.6 Å². The summed E-state index contributed by atoms with van der Waals surface area (Å²) in [6.45, 7) is 11.6. The van der Waals surface area contributed by atoms with E-state index in [1.807, 2.05) is 20.8 Å². The van der Waals surface area contributed by atoms with Crippen LogP contribution in [-0.4, -0.2) is 35.8 Å². The minimum absolute atomic E-state index is 0.232. The highest BCUT2D eigenvalue weighted by molar-refractivity contribution is 7.80. The number of nitrogens with one attached hydrogen (secondary N) is 2. The Morgan fingerprint density at radius 2 is 1.67 bits per heavy atom. The molecule has 0 atom stereocenters. The first-order chi connectivity index (χ1) is 11.1. The summed E-state index contributed by atoms with van der Waals surface area (Å²) < 4.78 is 10.1. The van der Waals surface area contributed by atoms with E-state index in [4.69, 9.17) is 21.7 Å². The smallest absolute Gasteiger partial charge is 0.348 e. The molecule has 1 heterocycles. The first-order valence-corrected chi connectivity index (χ1v) is 8.90. The summed E-state index contributed by atoms with van der Waals surface area (Å²) in [5, 5.41) is 6.94. The fraction of sp³-hybridized carbons (Fsp3) is 0.562. The Labute approximate surface area is 151 Å². The fourth-order valence-corrected chi connectivity index (χ4v) is 3.48. The lowest BCUT2D eigenvalue weighted by Crippen LogP contribution is -2.43. The van der Waals surface area contributed by atoms with Crippen LogP contribution >= 0.6 is 23.6 Å². The molecular weight excluding hydrogens is 348 g/mol. The summed E-state index contributed by atoms with van der Waals surface area (Å²) in [5.41, 5.74) is 0.602. The van der Waals surface area contributed by atoms with Gasteiger partial charge in [-0.15, -0.1) is 11.3 Å². The monoisotopic (exact) mass is 372 g/mol. The van der Waals surface area contributed by atoms with Crippen LogP contribution in [0.2, 0.25) is 0 Å². The second-order valence-electron chi connectivity index (χ2n) is 6.03. The Morgan fingerprint density at radius 3 is 2.17 bits per heavy atom. The number of esters is 2.